The second-order valence-electron chi connectivity index (χ2n) is 5.25. The zero-order valence-corrected chi connectivity index (χ0v) is 11.8. The lowest BCUT2D eigenvalue weighted by Crippen LogP contribution is -2.17. The standard InChI is InChI=1S/C16H17F2N3/c1-21(12-6-4-11(17)5-7-12)16-9-13(14(18)10-20-16)15-3-2-8-19-15/h4-7,9-10,15,19H,2-3,8H2,1H3/t15-/m0/s1. The largest absolute Gasteiger partial charge is 0.329 e. The third kappa shape index (κ3) is 2.88. The molecule has 1 fully saturated rings. The van der Waals surface area contributed by atoms with Gasteiger partial charge in [0.05, 0.1) is 6.20 Å². The van der Waals surface area contributed by atoms with Gasteiger partial charge in [-0.1, -0.05) is 0 Å². The molecule has 110 valence electrons. The SMILES string of the molecule is CN(c1ccc(F)cc1)c1cc([C@@H]2CCCN2)c(F)cn1. The van der Waals surface area contributed by atoms with E-state index < -0.39 is 0 Å². The molecule has 1 aliphatic heterocycles. The molecule has 3 nitrogen and oxygen atoms in total. The van der Waals surface area contributed by atoms with Gasteiger partial charge >= 0.3 is 0 Å². The molecule has 1 aromatic carbocycles. The number of rotatable bonds is 3. The third-order valence-corrected chi connectivity index (χ3v) is 3.86. The summed E-state index contributed by atoms with van der Waals surface area (Å²) in [6.07, 6.45) is 3.24. The molecule has 21 heavy (non-hydrogen) atoms. The summed E-state index contributed by atoms with van der Waals surface area (Å²) in [5.41, 5.74) is 1.45. The summed E-state index contributed by atoms with van der Waals surface area (Å²) in [6.45, 7) is 0.912. The molecule has 0 saturated carbocycles. The molecule has 0 bridgehead atoms. The molecule has 1 N–H and O–H groups in total. The minimum Gasteiger partial charge on any atom is -0.329 e. The van der Waals surface area contributed by atoms with E-state index in [4.69, 9.17) is 0 Å². The van der Waals surface area contributed by atoms with Crippen LogP contribution in [0.1, 0.15) is 24.4 Å². The Morgan fingerprint density at radius 3 is 2.67 bits per heavy atom. The lowest BCUT2D eigenvalue weighted by atomic mass is 10.1. The summed E-state index contributed by atoms with van der Waals surface area (Å²) in [5.74, 6) is 0.0763. The third-order valence-electron chi connectivity index (χ3n) is 3.86. The van der Waals surface area contributed by atoms with Crippen LogP contribution in [0.15, 0.2) is 36.5 Å². The molecule has 0 spiro atoms. The van der Waals surface area contributed by atoms with Crippen LogP contribution in [0.2, 0.25) is 0 Å². The van der Waals surface area contributed by atoms with Crippen molar-refractivity contribution >= 4 is 11.5 Å². The van der Waals surface area contributed by atoms with Gasteiger partial charge in [0.1, 0.15) is 17.5 Å². The molecule has 0 aliphatic carbocycles. The first kappa shape index (κ1) is 13.9. The first-order valence-electron chi connectivity index (χ1n) is 7.03. The molecular weight excluding hydrogens is 272 g/mol. The van der Waals surface area contributed by atoms with E-state index in [1.165, 1.54) is 18.3 Å². The Hall–Kier alpha value is -2.01. The fourth-order valence-electron chi connectivity index (χ4n) is 2.64. The summed E-state index contributed by atoms with van der Waals surface area (Å²) in [6, 6.07) is 7.96. The van der Waals surface area contributed by atoms with Crippen LogP contribution in [0.5, 0.6) is 0 Å². The normalized spacial score (nSPS) is 18.0. The first-order valence-corrected chi connectivity index (χ1v) is 7.03. The van der Waals surface area contributed by atoms with Crippen molar-refractivity contribution in [3.8, 4) is 0 Å². The Kier molecular flexibility index (Phi) is 3.84. The summed E-state index contributed by atoms with van der Waals surface area (Å²) in [5, 5.41) is 3.29. The smallest absolute Gasteiger partial charge is 0.146 e. The van der Waals surface area contributed by atoms with Crippen LogP contribution < -0.4 is 10.2 Å². The van der Waals surface area contributed by atoms with E-state index in [1.54, 1.807) is 18.2 Å². The highest BCUT2D eigenvalue weighted by atomic mass is 19.1. The van der Waals surface area contributed by atoms with E-state index in [0.717, 1.165) is 25.1 Å². The van der Waals surface area contributed by atoms with Gasteiger partial charge in [0.25, 0.3) is 0 Å². The van der Waals surface area contributed by atoms with Crippen molar-refractivity contribution < 1.29 is 8.78 Å². The average molecular weight is 289 g/mol. The van der Waals surface area contributed by atoms with Gasteiger partial charge in [-0.05, 0) is 49.7 Å². The molecule has 1 saturated heterocycles. The second kappa shape index (κ2) is 5.77. The lowest BCUT2D eigenvalue weighted by molar-refractivity contribution is 0.554. The average Bonchev–Trinajstić information content (AvgIpc) is 3.02. The van der Waals surface area contributed by atoms with E-state index in [-0.39, 0.29) is 17.7 Å². The molecule has 0 unspecified atom stereocenters. The first-order chi connectivity index (χ1) is 10.1. The number of benzene rings is 1. The molecule has 2 heterocycles. The summed E-state index contributed by atoms with van der Waals surface area (Å²) in [4.78, 5) is 5.96. The Morgan fingerprint density at radius 1 is 1.24 bits per heavy atom. The monoisotopic (exact) mass is 289 g/mol. The summed E-state index contributed by atoms with van der Waals surface area (Å²) >= 11 is 0. The zero-order chi connectivity index (χ0) is 14.8. The number of pyridine rings is 1. The van der Waals surface area contributed by atoms with Crippen molar-refractivity contribution in [2.75, 3.05) is 18.5 Å². The molecule has 1 atom stereocenters. The van der Waals surface area contributed by atoms with E-state index in [1.807, 2.05) is 11.9 Å². The summed E-state index contributed by atoms with van der Waals surface area (Å²) in [7, 11) is 1.83. The quantitative estimate of drug-likeness (QED) is 0.936. The van der Waals surface area contributed by atoms with Gasteiger partial charge < -0.3 is 10.2 Å². The highest BCUT2D eigenvalue weighted by molar-refractivity contribution is 5.59. The highest BCUT2D eigenvalue weighted by Crippen LogP contribution is 2.29. The van der Waals surface area contributed by atoms with Crippen molar-refractivity contribution in [2.45, 2.75) is 18.9 Å². The molecule has 2 aromatic rings. The number of hydrogen-bond donors (Lipinski definition) is 1. The van der Waals surface area contributed by atoms with Gasteiger partial charge in [-0.2, -0.15) is 0 Å². The minimum atomic E-state index is -0.286. The van der Waals surface area contributed by atoms with E-state index in [0.29, 0.717) is 11.4 Å². The predicted molar refractivity (Wildman–Crippen MR) is 78.6 cm³/mol. The molecular formula is C16H17F2N3. The van der Waals surface area contributed by atoms with Crippen LogP contribution in [-0.2, 0) is 0 Å². The molecule has 3 rings (SSSR count). The van der Waals surface area contributed by atoms with Gasteiger partial charge in [0.2, 0.25) is 0 Å². The van der Waals surface area contributed by atoms with Crippen molar-refractivity contribution in [3.63, 3.8) is 0 Å². The minimum absolute atomic E-state index is 0.0494. The Balaban J connectivity index is 1.91. The van der Waals surface area contributed by atoms with E-state index >= 15 is 0 Å². The van der Waals surface area contributed by atoms with Gasteiger partial charge in [0.15, 0.2) is 0 Å². The van der Waals surface area contributed by atoms with E-state index in [2.05, 4.69) is 10.3 Å². The van der Waals surface area contributed by atoms with Gasteiger partial charge in [-0.25, -0.2) is 13.8 Å². The molecule has 0 amide bonds. The van der Waals surface area contributed by atoms with Crippen molar-refractivity contribution in [1.29, 1.82) is 0 Å². The van der Waals surface area contributed by atoms with Crippen molar-refractivity contribution in [3.05, 3.63) is 53.7 Å². The van der Waals surface area contributed by atoms with Gasteiger partial charge in [-0.3, -0.25) is 0 Å². The fourth-order valence-corrected chi connectivity index (χ4v) is 2.64. The van der Waals surface area contributed by atoms with Crippen LogP contribution in [0.3, 0.4) is 0 Å². The van der Waals surface area contributed by atoms with Crippen LogP contribution in [0.25, 0.3) is 0 Å². The topological polar surface area (TPSA) is 28.2 Å². The van der Waals surface area contributed by atoms with Crippen LogP contribution >= 0.6 is 0 Å². The molecule has 5 heteroatoms. The second-order valence-corrected chi connectivity index (χ2v) is 5.25. The number of hydrogen-bond acceptors (Lipinski definition) is 3. The number of halogens is 2. The zero-order valence-electron chi connectivity index (χ0n) is 11.8. The van der Waals surface area contributed by atoms with Gasteiger partial charge in [0, 0.05) is 24.3 Å². The Morgan fingerprint density at radius 2 is 2.00 bits per heavy atom. The van der Waals surface area contributed by atoms with Crippen LogP contribution in [-0.4, -0.2) is 18.6 Å². The molecule has 1 aromatic heterocycles. The van der Waals surface area contributed by atoms with Crippen LogP contribution in [0, 0.1) is 11.6 Å². The number of nitrogens with zero attached hydrogens (tertiary/aromatic N) is 2. The fraction of sp³-hybridized carbons (Fsp3) is 0.312. The highest BCUT2D eigenvalue weighted by Gasteiger charge is 2.21. The Bertz CT molecular complexity index is 622. The number of aromatic nitrogens is 1. The van der Waals surface area contributed by atoms with Crippen LogP contribution in [0.4, 0.5) is 20.3 Å². The lowest BCUT2D eigenvalue weighted by Gasteiger charge is -2.20. The van der Waals surface area contributed by atoms with Crippen molar-refractivity contribution in [1.82, 2.24) is 10.3 Å². The maximum Gasteiger partial charge on any atom is 0.146 e. The Labute approximate surface area is 122 Å². The number of nitrogens with one attached hydrogen (secondary N) is 1. The maximum absolute atomic E-state index is 14.0. The maximum atomic E-state index is 14.0. The molecule has 1 aliphatic rings. The van der Waals surface area contributed by atoms with Crippen molar-refractivity contribution in [2.24, 2.45) is 0 Å². The number of anilines is 2. The predicted octanol–water partition coefficient (Wildman–Crippen LogP) is 3.55. The molecule has 0 radical (unpaired) electrons. The summed E-state index contributed by atoms with van der Waals surface area (Å²) < 4.78 is 27.0. The van der Waals surface area contributed by atoms with E-state index in [9.17, 15) is 8.78 Å². The van der Waals surface area contributed by atoms with Gasteiger partial charge in [-0.15, -0.1) is 0 Å².